The number of aliphatic hydroxyl groups is 1. The zero-order chi connectivity index (χ0) is 16.8. The Labute approximate surface area is 131 Å². The van der Waals surface area contributed by atoms with Crippen molar-refractivity contribution in [3.05, 3.63) is 59.7 Å². The van der Waals surface area contributed by atoms with Crippen molar-refractivity contribution < 1.29 is 23.4 Å². The Hall–Kier alpha value is -2.67. The first kappa shape index (κ1) is 16.7. The van der Waals surface area contributed by atoms with Crippen molar-refractivity contribution in [3.63, 3.8) is 0 Å². The lowest BCUT2D eigenvalue weighted by Gasteiger charge is -2.14. The van der Waals surface area contributed by atoms with Crippen molar-refractivity contribution >= 4 is 11.7 Å². The molecule has 0 saturated carbocycles. The average Bonchev–Trinajstić information content (AvgIpc) is 2.56. The maximum atomic E-state index is 13.4. The predicted molar refractivity (Wildman–Crippen MR) is 81.3 cm³/mol. The van der Waals surface area contributed by atoms with Gasteiger partial charge >= 0.3 is 6.03 Å². The molecule has 2 aromatic rings. The zero-order valence-electron chi connectivity index (χ0n) is 12.3. The Kier molecular flexibility index (Phi) is 5.48. The second-order valence-corrected chi connectivity index (χ2v) is 4.72. The molecule has 7 heteroatoms. The van der Waals surface area contributed by atoms with E-state index in [0.717, 1.165) is 12.1 Å². The molecule has 0 aliphatic carbocycles. The van der Waals surface area contributed by atoms with Gasteiger partial charge in [-0.05, 0) is 29.8 Å². The molecular formula is C16H16F2N2O3. The molecule has 2 rings (SSSR count). The highest BCUT2D eigenvalue weighted by molar-refractivity contribution is 5.89. The Morgan fingerprint density at radius 2 is 1.87 bits per heavy atom. The van der Waals surface area contributed by atoms with Crippen LogP contribution in [0.15, 0.2) is 42.5 Å². The third kappa shape index (κ3) is 4.40. The number of ether oxygens (including phenoxy) is 1. The number of hydrogen-bond donors (Lipinski definition) is 3. The maximum absolute atomic E-state index is 13.4. The Balaban J connectivity index is 1.93. The highest BCUT2D eigenvalue weighted by Gasteiger charge is 2.14. The predicted octanol–water partition coefficient (Wildman–Crippen LogP) is 2.83. The summed E-state index contributed by atoms with van der Waals surface area (Å²) in [6, 6.07) is 9.15. The van der Waals surface area contributed by atoms with E-state index in [9.17, 15) is 18.7 Å². The summed E-state index contributed by atoms with van der Waals surface area (Å²) in [6.45, 7) is -0.130. The number of carbonyl (C=O) groups is 1. The number of hydrogen-bond acceptors (Lipinski definition) is 3. The maximum Gasteiger partial charge on any atom is 0.319 e. The van der Waals surface area contributed by atoms with Crippen LogP contribution >= 0.6 is 0 Å². The van der Waals surface area contributed by atoms with E-state index in [1.165, 1.54) is 13.2 Å². The Morgan fingerprint density at radius 1 is 1.22 bits per heavy atom. The summed E-state index contributed by atoms with van der Waals surface area (Å²) in [4.78, 5) is 11.7. The molecule has 23 heavy (non-hydrogen) atoms. The number of methoxy groups -OCH3 is 1. The number of halogens is 2. The minimum Gasteiger partial charge on any atom is -0.497 e. The number of rotatable bonds is 5. The third-order valence-electron chi connectivity index (χ3n) is 3.14. The van der Waals surface area contributed by atoms with Crippen LogP contribution in [0, 0.1) is 11.6 Å². The van der Waals surface area contributed by atoms with E-state index in [0.29, 0.717) is 11.3 Å². The average molecular weight is 322 g/mol. The molecule has 0 aliphatic rings. The van der Waals surface area contributed by atoms with Gasteiger partial charge in [-0.1, -0.05) is 18.2 Å². The molecular weight excluding hydrogens is 306 g/mol. The van der Waals surface area contributed by atoms with Gasteiger partial charge in [0.2, 0.25) is 0 Å². The molecule has 1 unspecified atom stereocenters. The van der Waals surface area contributed by atoms with Crippen LogP contribution in [0.1, 0.15) is 11.7 Å². The molecule has 3 N–H and O–H groups in total. The first-order valence-corrected chi connectivity index (χ1v) is 6.82. The highest BCUT2D eigenvalue weighted by atomic mass is 19.1. The topological polar surface area (TPSA) is 70.6 Å². The fraction of sp³-hybridized carbons (Fsp3) is 0.188. The van der Waals surface area contributed by atoms with Crippen molar-refractivity contribution in [3.8, 4) is 5.75 Å². The summed E-state index contributed by atoms with van der Waals surface area (Å²) in [5.41, 5.74) is 0.00240. The molecule has 2 aromatic carbocycles. The van der Waals surface area contributed by atoms with Crippen LogP contribution in [0.4, 0.5) is 19.3 Å². The molecule has 0 aliphatic heterocycles. The van der Waals surface area contributed by atoms with Crippen molar-refractivity contribution in [2.75, 3.05) is 19.0 Å². The number of para-hydroxylation sites is 1. The molecule has 2 amide bonds. The normalized spacial score (nSPS) is 11.7. The SMILES string of the molecule is COc1cccc(C(O)CNC(=O)Nc2c(F)cccc2F)c1. The molecule has 122 valence electrons. The van der Waals surface area contributed by atoms with Gasteiger partial charge in [0.25, 0.3) is 0 Å². The van der Waals surface area contributed by atoms with Crippen molar-refractivity contribution in [1.82, 2.24) is 5.32 Å². The zero-order valence-corrected chi connectivity index (χ0v) is 12.3. The lowest BCUT2D eigenvalue weighted by Crippen LogP contribution is -2.33. The Morgan fingerprint density at radius 3 is 2.52 bits per heavy atom. The summed E-state index contributed by atoms with van der Waals surface area (Å²) >= 11 is 0. The molecule has 5 nitrogen and oxygen atoms in total. The number of amides is 2. The summed E-state index contributed by atoms with van der Waals surface area (Å²) in [6.07, 6.45) is -0.985. The van der Waals surface area contributed by atoms with Crippen molar-refractivity contribution in [1.29, 1.82) is 0 Å². The van der Waals surface area contributed by atoms with Gasteiger partial charge in [0.05, 0.1) is 13.2 Å². The quantitative estimate of drug-likeness (QED) is 0.793. The van der Waals surface area contributed by atoms with Crippen LogP contribution in [0.25, 0.3) is 0 Å². The van der Waals surface area contributed by atoms with Gasteiger partial charge in [-0.25, -0.2) is 13.6 Å². The van der Waals surface area contributed by atoms with E-state index in [2.05, 4.69) is 10.6 Å². The number of aliphatic hydroxyl groups excluding tert-OH is 1. The van der Waals surface area contributed by atoms with Crippen LogP contribution in [0.3, 0.4) is 0 Å². The van der Waals surface area contributed by atoms with Gasteiger partial charge in [-0.2, -0.15) is 0 Å². The monoisotopic (exact) mass is 322 g/mol. The number of anilines is 1. The summed E-state index contributed by atoms with van der Waals surface area (Å²) in [5, 5.41) is 14.4. The van der Waals surface area contributed by atoms with Gasteiger partial charge in [-0.3, -0.25) is 0 Å². The van der Waals surface area contributed by atoms with Crippen LogP contribution in [0.2, 0.25) is 0 Å². The fourth-order valence-electron chi connectivity index (χ4n) is 1.93. The molecule has 1 atom stereocenters. The number of benzene rings is 2. The van der Waals surface area contributed by atoms with E-state index in [4.69, 9.17) is 4.74 Å². The fourth-order valence-corrected chi connectivity index (χ4v) is 1.93. The van der Waals surface area contributed by atoms with E-state index in [-0.39, 0.29) is 6.54 Å². The largest absolute Gasteiger partial charge is 0.497 e. The summed E-state index contributed by atoms with van der Waals surface area (Å²) in [7, 11) is 1.50. The van der Waals surface area contributed by atoms with E-state index in [1.807, 2.05) is 0 Å². The van der Waals surface area contributed by atoms with E-state index < -0.39 is 29.5 Å². The second-order valence-electron chi connectivity index (χ2n) is 4.72. The lowest BCUT2D eigenvalue weighted by molar-refractivity contribution is 0.174. The third-order valence-corrected chi connectivity index (χ3v) is 3.14. The van der Waals surface area contributed by atoms with Gasteiger partial charge in [-0.15, -0.1) is 0 Å². The first-order valence-electron chi connectivity index (χ1n) is 6.82. The molecule has 0 fully saturated rings. The van der Waals surface area contributed by atoms with Gasteiger partial charge in [0.15, 0.2) is 0 Å². The molecule has 0 aromatic heterocycles. The lowest BCUT2D eigenvalue weighted by atomic mass is 10.1. The van der Waals surface area contributed by atoms with Crippen LogP contribution < -0.4 is 15.4 Å². The van der Waals surface area contributed by atoms with Gasteiger partial charge in [0.1, 0.15) is 23.1 Å². The number of carbonyl (C=O) groups excluding carboxylic acids is 1. The first-order chi connectivity index (χ1) is 11.0. The summed E-state index contributed by atoms with van der Waals surface area (Å²) < 4.78 is 31.9. The van der Waals surface area contributed by atoms with Gasteiger partial charge in [0, 0.05) is 6.54 Å². The molecule has 0 heterocycles. The number of nitrogens with one attached hydrogen (secondary N) is 2. The molecule has 0 spiro atoms. The molecule has 0 bridgehead atoms. The smallest absolute Gasteiger partial charge is 0.319 e. The van der Waals surface area contributed by atoms with Gasteiger partial charge < -0.3 is 20.5 Å². The van der Waals surface area contributed by atoms with E-state index in [1.54, 1.807) is 24.3 Å². The molecule has 0 radical (unpaired) electrons. The standard InChI is InChI=1S/C16H16F2N2O3/c1-23-11-5-2-4-10(8-11)14(21)9-19-16(22)20-15-12(17)6-3-7-13(15)18/h2-8,14,21H,9H2,1H3,(H2,19,20,22). The summed E-state index contributed by atoms with van der Waals surface area (Å²) in [5.74, 6) is -1.19. The van der Waals surface area contributed by atoms with Crippen molar-refractivity contribution in [2.45, 2.75) is 6.10 Å². The number of urea groups is 1. The Bertz CT molecular complexity index is 675. The highest BCUT2D eigenvalue weighted by Crippen LogP contribution is 2.19. The molecule has 0 saturated heterocycles. The minimum atomic E-state index is -0.985. The second kappa shape index (κ2) is 7.55. The van der Waals surface area contributed by atoms with E-state index >= 15 is 0 Å². The van der Waals surface area contributed by atoms with Crippen LogP contribution in [-0.4, -0.2) is 24.8 Å². The van der Waals surface area contributed by atoms with Crippen LogP contribution in [0.5, 0.6) is 5.75 Å². The minimum absolute atomic E-state index is 0.130. The van der Waals surface area contributed by atoms with Crippen molar-refractivity contribution in [2.24, 2.45) is 0 Å². The van der Waals surface area contributed by atoms with Crippen LogP contribution in [-0.2, 0) is 0 Å².